The maximum absolute atomic E-state index is 5.97. The molecule has 0 saturated carbocycles. The molecule has 102 valence electrons. The van der Waals surface area contributed by atoms with Gasteiger partial charge in [0.25, 0.3) is 0 Å². The molecule has 0 aliphatic heterocycles. The highest BCUT2D eigenvalue weighted by molar-refractivity contribution is 6.29. The molecule has 2 N–H and O–H groups in total. The number of hydrogen-bond donors (Lipinski definition) is 1. The van der Waals surface area contributed by atoms with Crippen molar-refractivity contribution in [3.63, 3.8) is 0 Å². The van der Waals surface area contributed by atoms with Crippen molar-refractivity contribution in [3.05, 3.63) is 17.3 Å². The summed E-state index contributed by atoms with van der Waals surface area (Å²) in [6, 6.07) is 3.94. The molecule has 1 aromatic heterocycles. The first-order valence-electron chi connectivity index (χ1n) is 6.31. The Hall–Kier alpha value is -1.00. The molecular formula is C13H22ClN3O. The molecule has 0 aliphatic rings. The van der Waals surface area contributed by atoms with Crippen LogP contribution in [-0.4, -0.2) is 31.3 Å². The number of anilines is 2. The average molecular weight is 272 g/mol. The zero-order valence-corrected chi connectivity index (χ0v) is 12.1. The Morgan fingerprint density at radius 1 is 1.39 bits per heavy atom. The van der Waals surface area contributed by atoms with E-state index in [1.165, 1.54) is 0 Å². The summed E-state index contributed by atoms with van der Waals surface area (Å²) >= 11 is 5.97. The Balaban J connectivity index is 2.99. The second-order valence-corrected chi connectivity index (χ2v) is 4.63. The normalized spacial score (nSPS) is 10.9. The predicted octanol–water partition coefficient (Wildman–Crippen LogP) is 2.96. The molecule has 0 bridgehead atoms. The van der Waals surface area contributed by atoms with Gasteiger partial charge in [-0.15, -0.1) is 0 Å². The summed E-state index contributed by atoms with van der Waals surface area (Å²) in [5, 5.41) is 0.429. The van der Waals surface area contributed by atoms with Crippen molar-refractivity contribution in [1.82, 2.24) is 4.98 Å². The number of methoxy groups -OCH3 is 1. The fraction of sp³-hybridized carbons (Fsp3) is 0.615. The van der Waals surface area contributed by atoms with Gasteiger partial charge in [-0.2, -0.15) is 0 Å². The van der Waals surface area contributed by atoms with Crippen LogP contribution in [0, 0.1) is 0 Å². The number of aromatic nitrogens is 1. The van der Waals surface area contributed by atoms with Crippen molar-refractivity contribution in [3.8, 4) is 0 Å². The van der Waals surface area contributed by atoms with E-state index in [-0.39, 0.29) is 0 Å². The van der Waals surface area contributed by atoms with Crippen molar-refractivity contribution in [2.75, 3.05) is 30.9 Å². The Morgan fingerprint density at radius 2 is 2.06 bits per heavy atom. The van der Waals surface area contributed by atoms with Gasteiger partial charge in [-0.1, -0.05) is 25.4 Å². The maximum atomic E-state index is 5.97. The lowest BCUT2D eigenvalue weighted by atomic mass is 10.1. The van der Waals surface area contributed by atoms with Gasteiger partial charge < -0.3 is 15.4 Å². The van der Waals surface area contributed by atoms with Crippen LogP contribution in [0.2, 0.25) is 5.15 Å². The van der Waals surface area contributed by atoms with Crippen LogP contribution in [0.4, 0.5) is 11.5 Å². The van der Waals surface area contributed by atoms with E-state index in [2.05, 4.69) is 23.7 Å². The molecule has 1 rings (SSSR count). The van der Waals surface area contributed by atoms with Crippen LogP contribution in [0.15, 0.2) is 12.1 Å². The standard InChI is InChI=1S/C13H22ClN3O/c1-4-11(5-2)17(6-7-18-3)13-9-10(15)8-12(14)16-13/h8-9,11H,4-7H2,1-3H3,(H2,15,16). The first-order valence-corrected chi connectivity index (χ1v) is 6.68. The Labute approximate surface area is 114 Å². The van der Waals surface area contributed by atoms with E-state index in [0.717, 1.165) is 25.2 Å². The minimum Gasteiger partial charge on any atom is -0.399 e. The van der Waals surface area contributed by atoms with Gasteiger partial charge in [0.1, 0.15) is 11.0 Å². The number of pyridine rings is 1. The van der Waals surface area contributed by atoms with E-state index in [0.29, 0.717) is 23.5 Å². The third-order valence-electron chi connectivity index (χ3n) is 3.02. The zero-order valence-electron chi connectivity index (χ0n) is 11.3. The van der Waals surface area contributed by atoms with E-state index < -0.39 is 0 Å². The van der Waals surface area contributed by atoms with Gasteiger partial charge in [-0.05, 0) is 18.9 Å². The minimum absolute atomic E-state index is 0.422. The topological polar surface area (TPSA) is 51.4 Å². The predicted molar refractivity (Wildman–Crippen MR) is 77.3 cm³/mol. The van der Waals surface area contributed by atoms with Crippen molar-refractivity contribution in [2.45, 2.75) is 32.7 Å². The van der Waals surface area contributed by atoms with Crippen molar-refractivity contribution < 1.29 is 4.74 Å². The summed E-state index contributed by atoms with van der Waals surface area (Å²) in [7, 11) is 1.70. The second-order valence-electron chi connectivity index (χ2n) is 4.24. The van der Waals surface area contributed by atoms with E-state index in [1.807, 2.05) is 6.07 Å². The molecule has 0 radical (unpaired) electrons. The number of nitrogen functional groups attached to an aromatic ring is 1. The van der Waals surface area contributed by atoms with Crippen LogP contribution < -0.4 is 10.6 Å². The van der Waals surface area contributed by atoms with Crippen molar-refractivity contribution in [1.29, 1.82) is 0 Å². The average Bonchev–Trinajstić information content (AvgIpc) is 2.33. The molecule has 0 fully saturated rings. The highest BCUT2D eigenvalue weighted by Crippen LogP contribution is 2.23. The first kappa shape index (κ1) is 15.1. The van der Waals surface area contributed by atoms with Crippen LogP contribution in [0.1, 0.15) is 26.7 Å². The summed E-state index contributed by atoms with van der Waals surface area (Å²) < 4.78 is 5.16. The highest BCUT2D eigenvalue weighted by atomic mass is 35.5. The first-order chi connectivity index (χ1) is 8.62. The number of hydrogen-bond acceptors (Lipinski definition) is 4. The highest BCUT2D eigenvalue weighted by Gasteiger charge is 2.17. The van der Waals surface area contributed by atoms with Gasteiger partial charge >= 0.3 is 0 Å². The van der Waals surface area contributed by atoms with Gasteiger partial charge in [0.15, 0.2) is 0 Å². The van der Waals surface area contributed by atoms with Gasteiger partial charge in [0, 0.05) is 31.5 Å². The van der Waals surface area contributed by atoms with E-state index >= 15 is 0 Å². The summed E-state index contributed by atoms with van der Waals surface area (Å²) in [6.45, 7) is 5.78. The summed E-state index contributed by atoms with van der Waals surface area (Å²) in [6.07, 6.45) is 2.10. The molecule has 1 heterocycles. The largest absolute Gasteiger partial charge is 0.399 e. The molecule has 18 heavy (non-hydrogen) atoms. The van der Waals surface area contributed by atoms with Gasteiger partial charge in [0.05, 0.1) is 6.61 Å². The third kappa shape index (κ3) is 4.03. The number of rotatable bonds is 7. The minimum atomic E-state index is 0.422. The summed E-state index contributed by atoms with van der Waals surface area (Å²) in [5.41, 5.74) is 6.46. The van der Waals surface area contributed by atoms with Crippen molar-refractivity contribution >= 4 is 23.1 Å². The van der Waals surface area contributed by atoms with Crippen LogP contribution in [0.5, 0.6) is 0 Å². The Kier molecular flexibility index (Phi) is 6.22. The smallest absolute Gasteiger partial charge is 0.133 e. The van der Waals surface area contributed by atoms with Crippen LogP contribution in [-0.2, 0) is 4.74 Å². The number of ether oxygens (including phenoxy) is 1. The van der Waals surface area contributed by atoms with E-state index in [4.69, 9.17) is 22.1 Å². The second kappa shape index (κ2) is 7.44. The van der Waals surface area contributed by atoms with Gasteiger partial charge in [-0.3, -0.25) is 0 Å². The molecule has 5 heteroatoms. The van der Waals surface area contributed by atoms with Gasteiger partial charge in [0.2, 0.25) is 0 Å². The maximum Gasteiger partial charge on any atom is 0.133 e. The summed E-state index contributed by atoms with van der Waals surface area (Å²) in [4.78, 5) is 6.57. The third-order valence-corrected chi connectivity index (χ3v) is 3.21. The number of halogens is 1. The molecule has 0 saturated heterocycles. The fourth-order valence-electron chi connectivity index (χ4n) is 2.05. The Bertz CT molecular complexity index is 349. The van der Waals surface area contributed by atoms with Crippen LogP contribution in [0.3, 0.4) is 0 Å². The van der Waals surface area contributed by atoms with Crippen LogP contribution >= 0.6 is 11.6 Å². The molecule has 0 spiro atoms. The molecule has 0 amide bonds. The van der Waals surface area contributed by atoms with Crippen molar-refractivity contribution in [2.24, 2.45) is 0 Å². The van der Waals surface area contributed by atoms with Crippen LogP contribution in [0.25, 0.3) is 0 Å². The van der Waals surface area contributed by atoms with E-state index in [1.54, 1.807) is 13.2 Å². The SMILES string of the molecule is CCC(CC)N(CCOC)c1cc(N)cc(Cl)n1. The summed E-state index contributed by atoms with van der Waals surface area (Å²) in [5.74, 6) is 0.825. The fourth-order valence-corrected chi connectivity index (χ4v) is 2.27. The lowest BCUT2D eigenvalue weighted by molar-refractivity contribution is 0.202. The quantitative estimate of drug-likeness (QED) is 0.775. The molecule has 0 aliphatic carbocycles. The molecule has 1 aromatic rings. The lowest BCUT2D eigenvalue weighted by Crippen LogP contribution is -2.37. The Morgan fingerprint density at radius 3 is 2.56 bits per heavy atom. The molecule has 0 unspecified atom stereocenters. The molecular weight excluding hydrogens is 250 g/mol. The molecule has 4 nitrogen and oxygen atoms in total. The number of nitrogens with zero attached hydrogens (tertiary/aromatic N) is 2. The lowest BCUT2D eigenvalue weighted by Gasteiger charge is -2.31. The number of nitrogens with two attached hydrogens (primary N) is 1. The zero-order chi connectivity index (χ0) is 13.5. The van der Waals surface area contributed by atoms with Gasteiger partial charge in [-0.25, -0.2) is 4.98 Å². The monoisotopic (exact) mass is 271 g/mol. The van der Waals surface area contributed by atoms with E-state index in [9.17, 15) is 0 Å². The molecule has 0 aromatic carbocycles. The molecule has 0 atom stereocenters.